The number of nitrogen functional groups attached to an aromatic ring is 1. The summed E-state index contributed by atoms with van der Waals surface area (Å²) in [5.41, 5.74) is 6.09. The minimum Gasteiger partial charge on any atom is -0.485 e. The van der Waals surface area contributed by atoms with Gasteiger partial charge in [-0.15, -0.1) is 10.2 Å². The molecule has 0 aliphatic carbocycles. The van der Waals surface area contributed by atoms with Gasteiger partial charge in [0.05, 0.1) is 17.8 Å². The van der Waals surface area contributed by atoms with Crippen LogP contribution >= 0.6 is 11.6 Å². The quantitative estimate of drug-likeness (QED) is 0.810. The van der Waals surface area contributed by atoms with E-state index in [1.165, 1.54) is 4.80 Å². The van der Waals surface area contributed by atoms with Crippen LogP contribution in [0, 0.1) is 0 Å². The second-order valence-electron chi connectivity index (χ2n) is 3.17. The Morgan fingerprint density at radius 3 is 2.94 bits per heavy atom. The third kappa shape index (κ3) is 2.40. The van der Waals surface area contributed by atoms with Gasteiger partial charge in [0.1, 0.15) is 5.75 Å². The third-order valence-corrected chi connectivity index (χ3v) is 2.22. The minimum atomic E-state index is 0.244. The van der Waals surface area contributed by atoms with Gasteiger partial charge in [0.2, 0.25) is 5.82 Å². The van der Waals surface area contributed by atoms with Gasteiger partial charge >= 0.3 is 0 Å². The van der Waals surface area contributed by atoms with Gasteiger partial charge < -0.3 is 10.5 Å². The van der Waals surface area contributed by atoms with Crippen molar-refractivity contribution in [2.75, 3.05) is 5.73 Å². The highest BCUT2D eigenvalue weighted by molar-refractivity contribution is 6.33. The number of hydrogen-bond acceptors (Lipinski definition) is 5. The molecule has 7 heteroatoms. The predicted octanol–water partition coefficient (Wildman–Crippen LogP) is 1.02. The largest absolute Gasteiger partial charge is 0.485 e. The molecule has 84 valence electrons. The molecule has 0 radical (unpaired) electrons. The van der Waals surface area contributed by atoms with Crippen molar-refractivity contribution in [3.63, 3.8) is 0 Å². The molecule has 0 amide bonds. The van der Waals surface area contributed by atoms with Gasteiger partial charge in [0.25, 0.3) is 0 Å². The Balaban J connectivity index is 2.02. The lowest BCUT2D eigenvalue weighted by Crippen LogP contribution is -1.99. The van der Waals surface area contributed by atoms with Crippen molar-refractivity contribution >= 4 is 17.3 Å². The molecule has 1 aromatic carbocycles. The Labute approximate surface area is 97.0 Å². The first-order valence-corrected chi connectivity index (χ1v) is 4.93. The highest BCUT2D eigenvalue weighted by atomic mass is 35.5. The van der Waals surface area contributed by atoms with E-state index in [2.05, 4.69) is 15.4 Å². The lowest BCUT2D eigenvalue weighted by atomic mass is 10.3. The second kappa shape index (κ2) is 4.36. The smallest absolute Gasteiger partial charge is 0.212 e. The van der Waals surface area contributed by atoms with Crippen molar-refractivity contribution in [2.24, 2.45) is 7.05 Å². The van der Waals surface area contributed by atoms with Gasteiger partial charge in [-0.1, -0.05) is 11.6 Å². The summed E-state index contributed by atoms with van der Waals surface area (Å²) in [6.45, 7) is 0.244. The molecule has 0 spiro atoms. The predicted molar refractivity (Wildman–Crippen MR) is 59.0 cm³/mol. The fourth-order valence-electron chi connectivity index (χ4n) is 1.13. The van der Waals surface area contributed by atoms with E-state index < -0.39 is 0 Å². The normalized spacial score (nSPS) is 10.4. The molecule has 16 heavy (non-hydrogen) atoms. The minimum absolute atomic E-state index is 0.244. The molecule has 2 rings (SSSR count). The number of ether oxygens (including phenoxy) is 1. The summed E-state index contributed by atoms with van der Waals surface area (Å²) in [7, 11) is 1.69. The Bertz CT molecular complexity index is 498. The lowest BCUT2D eigenvalue weighted by Gasteiger charge is -2.04. The van der Waals surface area contributed by atoms with Gasteiger partial charge in [0, 0.05) is 6.07 Å². The number of hydrogen-bond donors (Lipinski definition) is 1. The maximum atomic E-state index is 5.85. The van der Waals surface area contributed by atoms with E-state index in [4.69, 9.17) is 22.1 Å². The molecule has 0 saturated carbocycles. The number of nitrogens with two attached hydrogens (primary N) is 1. The number of rotatable bonds is 3. The number of nitrogens with zero attached hydrogens (tertiary/aromatic N) is 4. The van der Waals surface area contributed by atoms with Crippen molar-refractivity contribution in [3.05, 3.63) is 29.0 Å². The van der Waals surface area contributed by atoms with Crippen molar-refractivity contribution in [1.82, 2.24) is 20.2 Å². The fraction of sp³-hybridized carbons (Fsp3) is 0.222. The first-order valence-electron chi connectivity index (χ1n) is 4.56. The summed E-state index contributed by atoms with van der Waals surface area (Å²) in [5.74, 6) is 1.13. The molecular formula is C9H10ClN5O. The van der Waals surface area contributed by atoms with Crippen LogP contribution in [0.1, 0.15) is 5.82 Å². The number of tetrazole rings is 1. The van der Waals surface area contributed by atoms with Crippen LogP contribution in [0.3, 0.4) is 0 Å². The van der Waals surface area contributed by atoms with Gasteiger partial charge in [-0.05, 0) is 17.3 Å². The van der Waals surface area contributed by atoms with Crippen LogP contribution < -0.4 is 10.5 Å². The number of halogens is 1. The van der Waals surface area contributed by atoms with Crippen LogP contribution in [0.4, 0.5) is 5.69 Å². The Kier molecular flexibility index (Phi) is 2.91. The molecule has 0 unspecified atom stereocenters. The molecule has 0 bridgehead atoms. The maximum Gasteiger partial charge on any atom is 0.212 e. The van der Waals surface area contributed by atoms with Gasteiger partial charge in [-0.25, -0.2) is 0 Å². The molecule has 0 aliphatic rings. The molecule has 2 aromatic rings. The zero-order valence-corrected chi connectivity index (χ0v) is 9.35. The zero-order chi connectivity index (χ0) is 11.5. The highest BCUT2D eigenvalue weighted by Gasteiger charge is 2.03. The van der Waals surface area contributed by atoms with E-state index in [-0.39, 0.29) is 6.61 Å². The van der Waals surface area contributed by atoms with E-state index in [0.29, 0.717) is 22.3 Å². The Morgan fingerprint density at radius 1 is 1.50 bits per heavy atom. The number of benzene rings is 1. The summed E-state index contributed by atoms with van der Waals surface area (Å²) >= 11 is 5.85. The van der Waals surface area contributed by atoms with Crippen molar-refractivity contribution in [3.8, 4) is 5.75 Å². The lowest BCUT2D eigenvalue weighted by molar-refractivity contribution is 0.295. The Morgan fingerprint density at radius 2 is 2.31 bits per heavy atom. The molecule has 0 fully saturated rings. The van der Waals surface area contributed by atoms with E-state index in [1.807, 2.05) is 0 Å². The van der Waals surface area contributed by atoms with Crippen LogP contribution in [0.15, 0.2) is 18.2 Å². The van der Waals surface area contributed by atoms with Crippen LogP contribution in [-0.4, -0.2) is 20.2 Å². The summed E-state index contributed by atoms with van der Waals surface area (Å²) in [5, 5.41) is 11.9. The molecule has 0 saturated heterocycles. The topological polar surface area (TPSA) is 78.8 Å². The fourth-order valence-corrected chi connectivity index (χ4v) is 1.30. The number of anilines is 1. The first kappa shape index (κ1) is 10.7. The SMILES string of the molecule is Cn1nnc(COc2ccc(N)c(Cl)c2)n1. The summed E-state index contributed by atoms with van der Waals surface area (Å²) in [6, 6.07) is 5.06. The highest BCUT2D eigenvalue weighted by Crippen LogP contribution is 2.24. The van der Waals surface area contributed by atoms with E-state index >= 15 is 0 Å². The molecule has 0 atom stereocenters. The standard InChI is InChI=1S/C9H10ClN5O/c1-15-13-9(12-14-15)5-16-6-2-3-8(11)7(10)4-6/h2-4H,5,11H2,1H3. The Hall–Kier alpha value is -1.82. The first-order chi connectivity index (χ1) is 7.65. The van der Waals surface area contributed by atoms with Gasteiger partial charge in [0.15, 0.2) is 6.61 Å². The van der Waals surface area contributed by atoms with Crippen molar-refractivity contribution in [1.29, 1.82) is 0 Å². The average molecular weight is 240 g/mol. The van der Waals surface area contributed by atoms with Gasteiger partial charge in [-0.2, -0.15) is 4.80 Å². The molecule has 2 N–H and O–H groups in total. The monoisotopic (exact) mass is 239 g/mol. The van der Waals surface area contributed by atoms with E-state index in [0.717, 1.165) is 0 Å². The third-order valence-electron chi connectivity index (χ3n) is 1.89. The second-order valence-corrected chi connectivity index (χ2v) is 3.57. The van der Waals surface area contributed by atoms with Gasteiger partial charge in [-0.3, -0.25) is 0 Å². The van der Waals surface area contributed by atoms with Crippen molar-refractivity contribution < 1.29 is 4.74 Å². The molecule has 1 heterocycles. The molecule has 0 aliphatic heterocycles. The summed E-state index contributed by atoms with van der Waals surface area (Å²) < 4.78 is 5.42. The van der Waals surface area contributed by atoms with E-state index in [1.54, 1.807) is 25.2 Å². The average Bonchev–Trinajstić information content (AvgIpc) is 2.66. The molecule has 1 aromatic heterocycles. The molecular weight excluding hydrogens is 230 g/mol. The van der Waals surface area contributed by atoms with Crippen LogP contribution in [0.2, 0.25) is 5.02 Å². The number of aryl methyl sites for hydroxylation is 1. The van der Waals surface area contributed by atoms with Crippen molar-refractivity contribution in [2.45, 2.75) is 6.61 Å². The summed E-state index contributed by atoms with van der Waals surface area (Å²) in [6.07, 6.45) is 0. The summed E-state index contributed by atoms with van der Waals surface area (Å²) in [4.78, 5) is 1.37. The number of aromatic nitrogens is 4. The van der Waals surface area contributed by atoms with Crippen LogP contribution in [-0.2, 0) is 13.7 Å². The maximum absolute atomic E-state index is 5.85. The van der Waals surface area contributed by atoms with E-state index in [9.17, 15) is 0 Å². The molecule has 6 nitrogen and oxygen atoms in total. The van der Waals surface area contributed by atoms with Crippen LogP contribution in [0.5, 0.6) is 5.75 Å². The van der Waals surface area contributed by atoms with Crippen LogP contribution in [0.25, 0.3) is 0 Å². The zero-order valence-electron chi connectivity index (χ0n) is 8.59.